The first kappa shape index (κ1) is 17.9. The van der Waals surface area contributed by atoms with Crippen molar-refractivity contribution in [3.05, 3.63) is 0 Å². The molecule has 0 aromatic heterocycles. The molecule has 0 bridgehead atoms. The molecule has 20 heavy (non-hydrogen) atoms. The van der Waals surface area contributed by atoms with E-state index in [1.807, 2.05) is 0 Å². The molecule has 1 aliphatic heterocycles. The zero-order chi connectivity index (χ0) is 15.1. The summed E-state index contributed by atoms with van der Waals surface area (Å²) in [7, 11) is 4.55. The van der Waals surface area contributed by atoms with E-state index in [1.54, 1.807) is 0 Å². The van der Waals surface area contributed by atoms with Gasteiger partial charge in [-0.3, -0.25) is 0 Å². The number of nitrogens with one attached hydrogen (secondary N) is 1. The Kier molecular flexibility index (Phi) is 8.08. The molecule has 0 radical (unpaired) electrons. The maximum absolute atomic E-state index is 3.60. The van der Waals surface area contributed by atoms with Crippen LogP contribution >= 0.6 is 0 Å². The number of likely N-dealkylation sites (tertiary alicyclic amines) is 1. The first-order chi connectivity index (χ1) is 9.40. The second-order valence-electron chi connectivity index (χ2n) is 7.46. The number of rotatable bonds is 8. The van der Waals surface area contributed by atoms with Crippen LogP contribution in [0.4, 0.5) is 0 Å². The quantitative estimate of drug-likeness (QED) is 0.738. The average molecular weight is 284 g/mol. The molecule has 0 aliphatic carbocycles. The first-order valence-corrected chi connectivity index (χ1v) is 8.49. The van der Waals surface area contributed by atoms with Gasteiger partial charge in [0.05, 0.1) is 0 Å². The Morgan fingerprint density at radius 3 is 2.25 bits per heavy atom. The van der Waals surface area contributed by atoms with Gasteiger partial charge in [0.2, 0.25) is 0 Å². The molecule has 1 heterocycles. The van der Waals surface area contributed by atoms with Crippen molar-refractivity contribution in [3.63, 3.8) is 0 Å². The summed E-state index contributed by atoms with van der Waals surface area (Å²) in [5.41, 5.74) is 0. The Balaban J connectivity index is 2.25. The van der Waals surface area contributed by atoms with Crippen molar-refractivity contribution in [3.8, 4) is 0 Å². The highest BCUT2D eigenvalue weighted by Crippen LogP contribution is 2.19. The van der Waals surface area contributed by atoms with Crippen LogP contribution in [0.25, 0.3) is 0 Å². The van der Waals surface area contributed by atoms with E-state index in [-0.39, 0.29) is 0 Å². The minimum Gasteiger partial charge on any atom is -0.316 e. The van der Waals surface area contributed by atoms with Gasteiger partial charge in [0.1, 0.15) is 0 Å². The van der Waals surface area contributed by atoms with Gasteiger partial charge in [0, 0.05) is 12.6 Å². The molecule has 1 rings (SSSR count). The van der Waals surface area contributed by atoms with E-state index in [0.29, 0.717) is 12.0 Å². The summed E-state index contributed by atoms with van der Waals surface area (Å²) in [6.45, 7) is 15.4. The Bertz CT molecular complexity index is 247. The molecule has 1 saturated heterocycles. The molecule has 3 heteroatoms. The maximum Gasteiger partial charge on any atom is 0.0102 e. The lowest BCUT2D eigenvalue weighted by molar-refractivity contribution is 0.132. The van der Waals surface area contributed by atoms with Crippen LogP contribution in [0.15, 0.2) is 0 Å². The van der Waals surface area contributed by atoms with Crippen LogP contribution in [0.5, 0.6) is 0 Å². The van der Waals surface area contributed by atoms with Crippen LogP contribution < -0.4 is 5.32 Å². The Morgan fingerprint density at radius 1 is 1.10 bits per heavy atom. The fourth-order valence-corrected chi connectivity index (χ4v) is 3.02. The minimum atomic E-state index is 0.661. The van der Waals surface area contributed by atoms with Gasteiger partial charge in [0.15, 0.2) is 0 Å². The molecule has 0 aromatic carbocycles. The summed E-state index contributed by atoms with van der Waals surface area (Å²) >= 11 is 0. The molecular formula is C17H37N3. The van der Waals surface area contributed by atoms with Gasteiger partial charge in [-0.2, -0.15) is 0 Å². The molecule has 1 aliphatic rings. The summed E-state index contributed by atoms with van der Waals surface area (Å²) in [5, 5.41) is 3.60. The molecule has 1 fully saturated rings. The molecule has 120 valence electrons. The van der Waals surface area contributed by atoms with Gasteiger partial charge < -0.3 is 15.1 Å². The number of hydrogen-bond donors (Lipinski definition) is 1. The predicted molar refractivity (Wildman–Crippen MR) is 89.2 cm³/mol. The second kappa shape index (κ2) is 9.01. The van der Waals surface area contributed by atoms with Crippen LogP contribution in [-0.4, -0.2) is 62.7 Å². The highest BCUT2D eigenvalue weighted by molar-refractivity contribution is 4.77. The Labute approximate surface area is 127 Å². The predicted octanol–water partition coefficient (Wildman–Crippen LogP) is 2.53. The van der Waals surface area contributed by atoms with E-state index in [4.69, 9.17) is 0 Å². The minimum absolute atomic E-state index is 0.661. The molecule has 2 atom stereocenters. The fourth-order valence-electron chi connectivity index (χ4n) is 3.02. The molecule has 0 amide bonds. The van der Waals surface area contributed by atoms with Crippen molar-refractivity contribution < 1.29 is 0 Å². The fraction of sp³-hybridized carbons (Fsp3) is 1.00. The Hall–Kier alpha value is -0.120. The van der Waals surface area contributed by atoms with Crippen LogP contribution in [0.3, 0.4) is 0 Å². The van der Waals surface area contributed by atoms with Gasteiger partial charge in [-0.1, -0.05) is 20.8 Å². The third-order valence-electron chi connectivity index (χ3n) is 4.92. The summed E-state index contributed by atoms with van der Waals surface area (Å²) in [4.78, 5) is 5.04. The summed E-state index contributed by atoms with van der Waals surface area (Å²) < 4.78 is 0. The molecule has 2 unspecified atom stereocenters. The van der Waals surface area contributed by atoms with Gasteiger partial charge in [-0.25, -0.2) is 0 Å². The van der Waals surface area contributed by atoms with Crippen LogP contribution in [0.1, 0.15) is 40.5 Å². The van der Waals surface area contributed by atoms with Crippen molar-refractivity contribution in [2.24, 2.45) is 17.8 Å². The SMILES string of the molecule is CC(C)CNCC(C)C(C)N(C)CC1CCN(C)CC1. The largest absolute Gasteiger partial charge is 0.316 e. The molecule has 0 spiro atoms. The van der Waals surface area contributed by atoms with Crippen molar-refractivity contribution in [2.45, 2.75) is 46.6 Å². The molecule has 3 nitrogen and oxygen atoms in total. The second-order valence-corrected chi connectivity index (χ2v) is 7.46. The topological polar surface area (TPSA) is 18.5 Å². The van der Waals surface area contributed by atoms with Crippen molar-refractivity contribution in [2.75, 3.05) is 46.8 Å². The monoisotopic (exact) mass is 283 g/mol. The number of piperidine rings is 1. The third kappa shape index (κ3) is 6.55. The van der Waals surface area contributed by atoms with Crippen molar-refractivity contribution in [1.29, 1.82) is 0 Å². The van der Waals surface area contributed by atoms with E-state index in [2.05, 4.69) is 56.9 Å². The highest BCUT2D eigenvalue weighted by Gasteiger charge is 2.22. The standard InChI is InChI=1S/C17H37N3/c1-14(2)11-18-12-15(3)16(4)20(6)13-17-7-9-19(5)10-8-17/h14-18H,7-13H2,1-6H3. The van der Waals surface area contributed by atoms with Gasteiger partial charge >= 0.3 is 0 Å². The molecule has 0 aromatic rings. The van der Waals surface area contributed by atoms with Crippen LogP contribution in [-0.2, 0) is 0 Å². The highest BCUT2D eigenvalue weighted by atomic mass is 15.1. The number of hydrogen-bond acceptors (Lipinski definition) is 3. The summed E-state index contributed by atoms with van der Waals surface area (Å²) in [5.74, 6) is 2.36. The average Bonchev–Trinajstić information content (AvgIpc) is 2.39. The first-order valence-electron chi connectivity index (χ1n) is 8.49. The summed E-state index contributed by atoms with van der Waals surface area (Å²) in [6, 6.07) is 0.661. The van der Waals surface area contributed by atoms with E-state index >= 15 is 0 Å². The maximum atomic E-state index is 3.60. The third-order valence-corrected chi connectivity index (χ3v) is 4.92. The van der Waals surface area contributed by atoms with Crippen LogP contribution in [0.2, 0.25) is 0 Å². The Morgan fingerprint density at radius 2 is 1.70 bits per heavy atom. The van der Waals surface area contributed by atoms with Crippen molar-refractivity contribution >= 4 is 0 Å². The van der Waals surface area contributed by atoms with E-state index < -0.39 is 0 Å². The normalized spacial score (nSPS) is 21.6. The summed E-state index contributed by atoms with van der Waals surface area (Å²) in [6.07, 6.45) is 2.74. The zero-order valence-corrected chi connectivity index (χ0v) is 14.7. The lowest BCUT2D eigenvalue weighted by Gasteiger charge is -2.36. The molecular weight excluding hydrogens is 246 g/mol. The van der Waals surface area contributed by atoms with Crippen LogP contribution in [0, 0.1) is 17.8 Å². The van der Waals surface area contributed by atoms with E-state index in [0.717, 1.165) is 24.9 Å². The van der Waals surface area contributed by atoms with Gasteiger partial charge in [-0.05, 0) is 77.8 Å². The number of nitrogens with zero attached hydrogens (tertiary/aromatic N) is 2. The smallest absolute Gasteiger partial charge is 0.0102 e. The molecule has 1 N–H and O–H groups in total. The lowest BCUT2D eigenvalue weighted by Crippen LogP contribution is -2.43. The molecule has 0 saturated carbocycles. The zero-order valence-electron chi connectivity index (χ0n) is 14.7. The van der Waals surface area contributed by atoms with E-state index in [9.17, 15) is 0 Å². The van der Waals surface area contributed by atoms with Gasteiger partial charge in [0.25, 0.3) is 0 Å². The van der Waals surface area contributed by atoms with Crippen molar-refractivity contribution in [1.82, 2.24) is 15.1 Å². The lowest BCUT2D eigenvalue weighted by atomic mass is 9.94. The van der Waals surface area contributed by atoms with Gasteiger partial charge in [-0.15, -0.1) is 0 Å². The van der Waals surface area contributed by atoms with E-state index in [1.165, 1.54) is 32.5 Å².